The van der Waals surface area contributed by atoms with Gasteiger partial charge in [-0.1, -0.05) is 12.1 Å². The van der Waals surface area contributed by atoms with E-state index in [1.165, 1.54) is 11.3 Å². The SMILES string of the molecule is CC(=O)c1sccc1-c1ccc(N)cc1. The zero-order valence-corrected chi connectivity index (χ0v) is 9.17. The fourth-order valence-corrected chi connectivity index (χ4v) is 2.29. The number of nitrogens with two attached hydrogens (primary N) is 1. The van der Waals surface area contributed by atoms with E-state index in [0.717, 1.165) is 21.7 Å². The van der Waals surface area contributed by atoms with Crippen LogP contribution in [0, 0.1) is 0 Å². The van der Waals surface area contributed by atoms with Crippen LogP contribution in [0.25, 0.3) is 11.1 Å². The fraction of sp³-hybridized carbons (Fsp3) is 0.0833. The molecule has 76 valence electrons. The predicted molar refractivity (Wildman–Crippen MR) is 64.2 cm³/mol. The first-order valence-electron chi connectivity index (χ1n) is 4.63. The molecule has 0 aliphatic carbocycles. The van der Waals surface area contributed by atoms with Crippen molar-refractivity contribution >= 4 is 22.8 Å². The van der Waals surface area contributed by atoms with Crippen molar-refractivity contribution in [1.29, 1.82) is 0 Å². The monoisotopic (exact) mass is 217 g/mol. The summed E-state index contributed by atoms with van der Waals surface area (Å²) in [5.41, 5.74) is 8.38. The molecule has 1 aromatic heterocycles. The van der Waals surface area contributed by atoms with E-state index in [1.54, 1.807) is 6.92 Å². The van der Waals surface area contributed by atoms with Crippen LogP contribution in [0.3, 0.4) is 0 Å². The zero-order chi connectivity index (χ0) is 10.8. The van der Waals surface area contributed by atoms with Crippen LogP contribution in [0.2, 0.25) is 0 Å². The molecule has 0 saturated carbocycles. The highest BCUT2D eigenvalue weighted by Gasteiger charge is 2.09. The van der Waals surface area contributed by atoms with Crippen LogP contribution in [-0.4, -0.2) is 5.78 Å². The van der Waals surface area contributed by atoms with Gasteiger partial charge in [0.1, 0.15) is 0 Å². The minimum Gasteiger partial charge on any atom is -0.399 e. The van der Waals surface area contributed by atoms with Crippen LogP contribution in [0.15, 0.2) is 35.7 Å². The number of anilines is 1. The summed E-state index contributed by atoms with van der Waals surface area (Å²) < 4.78 is 0. The number of ketones is 1. The molecular formula is C12H11NOS. The Kier molecular flexibility index (Phi) is 2.56. The van der Waals surface area contributed by atoms with Crippen molar-refractivity contribution < 1.29 is 4.79 Å². The van der Waals surface area contributed by atoms with E-state index in [-0.39, 0.29) is 5.78 Å². The van der Waals surface area contributed by atoms with Gasteiger partial charge in [-0.05, 0) is 36.1 Å². The van der Waals surface area contributed by atoms with E-state index in [4.69, 9.17) is 5.73 Å². The molecule has 0 bridgehead atoms. The molecule has 0 aliphatic rings. The maximum absolute atomic E-state index is 11.4. The first-order valence-corrected chi connectivity index (χ1v) is 5.51. The van der Waals surface area contributed by atoms with Crippen molar-refractivity contribution in [2.45, 2.75) is 6.92 Å². The summed E-state index contributed by atoms with van der Waals surface area (Å²) in [5, 5.41) is 1.93. The molecule has 0 atom stereocenters. The Balaban J connectivity index is 2.49. The van der Waals surface area contributed by atoms with Gasteiger partial charge in [-0.15, -0.1) is 11.3 Å². The number of carbonyl (C=O) groups excluding carboxylic acids is 1. The summed E-state index contributed by atoms with van der Waals surface area (Å²) in [6, 6.07) is 9.52. The number of nitrogen functional groups attached to an aromatic ring is 1. The van der Waals surface area contributed by atoms with Crippen LogP contribution >= 0.6 is 11.3 Å². The smallest absolute Gasteiger partial charge is 0.170 e. The molecule has 1 heterocycles. The van der Waals surface area contributed by atoms with E-state index < -0.39 is 0 Å². The summed E-state index contributed by atoms with van der Waals surface area (Å²) in [6.45, 7) is 1.59. The summed E-state index contributed by atoms with van der Waals surface area (Å²) in [5.74, 6) is 0.108. The highest BCUT2D eigenvalue weighted by atomic mass is 32.1. The molecule has 2 nitrogen and oxygen atoms in total. The summed E-state index contributed by atoms with van der Waals surface area (Å²) in [6.07, 6.45) is 0. The van der Waals surface area contributed by atoms with E-state index in [1.807, 2.05) is 35.7 Å². The van der Waals surface area contributed by atoms with Gasteiger partial charge in [0.05, 0.1) is 4.88 Å². The standard InChI is InChI=1S/C12H11NOS/c1-8(14)12-11(6-7-15-12)9-2-4-10(13)5-3-9/h2-7H,13H2,1H3. The third-order valence-electron chi connectivity index (χ3n) is 2.21. The molecule has 2 rings (SSSR count). The van der Waals surface area contributed by atoms with Crippen molar-refractivity contribution in [2.75, 3.05) is 5.73 Å². The van der Waals surface area contributed by atoms with Crippen LogP contribution in [0.5, 0.6) is 0 Å². The molecule has 15 heavy (non-hydrogen) atoms. The maximum Gasteiger partial charge on any atom is 0.170 e. The molecule has 2 aromatic rings. The Hall–Kier alpha value is -1.61. The summed E-state index contributed by atoms with van der Waals surface area (Å²) in [7, 11) is 0. The van der Waals surface area contributed by atoms with Crippen molar-refractivity contribution in [3.8, 4) is 11.1 Å². The average molecular weight is 217 g/mol. The second kappa shape index (κ2) is 3.87. The van der Waals surface area contributed by atoms with Crippen LogP contribution in [-0.2, 0) is 0 Å². The summed E-state index contributed by atoms with van der Waals surface area (Å²) in [4.78, 5) is 12.2. The maximum atomic E-state index is 11.4. The highest BCUT2D eigenvalue weighted by Crippen LogP contribution is 2.29. The average Bonchev–Trinajstić information content (AvgIpc) is 2.67. The lowest BCUT2D eigenvalue weighted by atomic mass is 10.1. The topological polar surface area (TPSA) is 43.1 Å². The van der Waals surface area contributed by atoms with E-state index in [0.29, 0.717) is 0 Å². The van der Waals surface area contributed by atoms with Crippen molar-refractivity contribution in [1.82, 2.24) is 0 Å². The third-order valence-corrected chi connectivity index (χ3v) is 3.22. The number of Topliss-reactive ketones (excluding diaryl/α,β-unsaturated/α-hetero) is 1. The molecule has 0 spiro atoms. The Morgan fingerprint density at radius 3 is 2.47 bits per heavy atom. The Bertz CT molecular complexity index is 485. The number of carbonyl (C=O) groups is 1. The van der Waals surface area contributed by atoms with Gasteiger partial charge in [0.25, 0.3) is 0 Å². The third kappa shape index (κ3) is 1.92. The van der Waals surface area contributed by atoms with Gasteiger partial charge in [-0.2, -0.15) is 0 Å². The van der Waals surface area contributed by atoms with Crippen molar-refractivity contribution in [3.05, 3.63) is 40.6 Å². The molecule has 0 fully saturated rings. The highest BCUT2D eigenvalue weighted by molar-refractivity contribution is 7.12. The quantitative estimate of drug-likeness (QED) is 0.620. The van der Waals surface area contributed by atoms with Gasteiger partial charge < -0.3 is 5.73 Å². The van der Waals surface area contributed by atoms with E-state index in [2.05, 4.69) is 0 Å². The number of hydrogen-bond donors (Lipinski definition) is 1. The minimum absolute atomic E-state index is 0.108. The second-order valence-corrected chi connectivity index (χ2v) is 4.26. The first kappa shape index (κ1) is 9.93. The molecule has 3 heteroatoms. The Morgan fingerprint density at radius 1 is 1.20 bits per heavy atom. The molecular weight excluding hydrogens is 206 g/mol. The van der Waals surface area contributed by atoms with Gasteiger partial charge in [-0.3, -0.25) is 4.79 Å². The van der Waals surface area contributed by atoms with Crippen molar-refractivity contribution in [3.63, 3.8) is 0 Å². The number of thiophene rings is 1. The van der Waals surface area contributed by atoms with Crippen LogP contribution in [0.1, 0.15) is 16.6 Å². The van der Waals surface area contributed by atoms with Gasteiger partial charge in [0, 0.05) is 11.3 Å². The molecule has 1 aromatic carbocycles. The van der Waals surface area contributed by atoms with Gasteiger partial charge >= 0.3 is 0 Å². The number of benzene rings is 1. The zero-order valence-electron chi connectivity index (χ0n) is 8.36. The molecule has 0 saturated heterocycles. The predicted octanol–water partition coefficient (Wildman–Crippen LogP) is 3.20. The van der Waals surface area contributed by atoms with Gasteiger partial charge in [0.2, 0.25) is 0 Å². The molecule has 0 unspecified atom stereocenters. The van der Waals surface area contributed by atoms with Crippen molar-refractivity contribution in [2.24, 2.45) is 0 Å². The minimum atomic E-state index is 0.108. The molecule has 0 radical (unpaired) electrons. The normalized spacial score (nSPS) is 10.2. The molecule has 2 N–H and O–H groups in total. The lowest BCUT2D eigenvalue weighted by molar-refractivity contribution is 0.102. The van der Waals surface area contributed by atoms with E-state index in [9.17, 15) is 4.79 Å². The summed E-state index contributed by atoms with van der Waals surface area (Å²) >= 11 is 1.48. The molecule has 0 amide bonds. The first-order chi connectivity index (χ1) is 7.18. The fourth-order valence-electron chi connectivity index (χ4n) is 1.47. The van der Waals surface area contributed by atoms with Gasteiger partial charge in [-0.25, -0.2) is 0 Å². The Morgan fingerprint density at radius 2 is 1.87 bits per heavy atom. The van der Waals surface area contributed by atoms with Gasteiger partial charge in [0.15, 0.2) is 5.78 Å². The number of hydrogen-bond acceptors (Lipinski definition) is 3. The lowest BCUT2D eigenvalue weighted by Crippen LogP contribution is -1.90. The van der Waals surface area contributed by atoms with E-state index >= 15 is 0 Å². The van der Waals surface area contributed by atoms with Crippen LogP contribution in [0.4, 0.5) is 5.69 Å². The largest absolute Gasteiger partial charge is 0.399 e. The lowest BCUT2D eigenvalue weighted by Gasteiger charge is -2.01. The number of rotatable bonds is 2. The molecule has 0 aliphatic heterocycles. The second-order valence-electron chi connectivity index (χ2n) is 3.34. The Labute approximate surface area is 92.4 Å². The van der Waals surface area contributed by atoms with Crippen LogP contribution < -0.4 is 5.73 Å².